The summed E-state index contributed by atoms with van der Waals surface area (Å²) in [5, 5.41) is 11.7. The number of hydrogen-bond acceptors (Lipinski definition) is 3. The number of amides is 1. The highest BCUT2D eigenvalue weighted by Gasteiger charge is 2.36. The Balaban J connectivity index is 2.22. The van der Waals surface area contributed by atoms with Crippen LogP contribution in [0.2, 0.25) is 0 Å². The van der Waals surface area contributed by atoms with Gasteiger partial charge in [-0.2, -0.15) is 13.2 Å². The number of piperidine rings is 1. The maximum atomic E-state index is 12.9. The van der Waals surface area contributed by atoms with Crippen molar-refractivity contribution in [3.63, 3.8) is 0 Å². The van der Waals surface area contributed by atoms with E-state index < -0.39 is 17.6 Å². The van der Waals surface area contributed by atoms with E-state index in [0.717, 1.165) is 6.07 Å². The van der Waals surface area contributed by atoms with E-state index in [2.05, 4.69) is 5.16 Å². The molecule has 108 valence electrons. The average molecular weight is 286 g/mol. The van der Waals surface area contributed by atoms with Crippen molar-refractivity contribution in [3.8, 4) is 0 Å². The summed E-state index contributed by atoms with van der Waals surface area (Å²) in [5.41, 5.74) is -0.714. The highest BCUT2D eigenvalue weighted by atomic mass is 19.4. The predicted octanol–water partition coefficient (Wildman–Crippen LogP) is 2.77. The molecule has 1 aliphatic rings. The summed E-state index contributed by atoms with van der Waals surface area (Å²) in [4.78, 5) is 13.5. The molecule has 1 heterocycles. The van der Waals surface area contributed by atoms with Gasteiger partial charge in [0.1, 0.15) is 0 Å². The van der Waals surface area contributed by atoms with E-state index >= 15 is 0 Å². The van der Waals surface area contributed by atoms with Crippen molar-refractivity contribution in [2.45, 2.75) is 19.0 Å². The lowest BCUT2D eigenvalue weighted by atomic mass is 10.0. The van der Waals surface area contributed by atoms with E-state index in [1.54, 1.807) is 0 Å². The summed E-state index contributed by atoms with van der Waals surface area (Å²) in [6, 6.07) is 4.75. The minimum atomic E-state index is -4.56. The van der Waals surface area contributed by atoms with Crippen molar-refractivity contribution < 1.29 is 23.2 Å². The third-order valence-electron chi connectivity index (χ3n) is 3.23. The fourth-order valence-electron chi connectivity index (χ4n) is 2.16. The van der Waals surface area contributed by atoms with Gasteiger partial charge in [-0.3, -0.25) is 4.79 Å². The highest BCUT2D eigenvalue weighted by Crippen LogP contribution is 2.32. The lowest BCUT2D eigenvalue weighted by Gasteiger charge is -2.28. The molecule has 0 unspecified atom stereocenters. The zero-order chi connectivity index (χ0) is 14.8. The summed E-state index contributed by atoms with van der Waals surface area (Å²) in [5.74, 6) is -0.644. The Bertz CT molecular complexity index is 531. The minimum absolute atomic E-state index is 0.254. The van der Waals surface area contributed by atoms with Crippen LogP contribution in [-0.4, -0.2) is 34.8 Å². The molecule has 1 amide bonds. The molecule has 0 radical (unpaired) electrons. The fourth-order valence-corrected chi connectivity index (χ4v) is 2.16. The largest absolute Gasteiger partial charge is 0.417 e. The molecule has 4 nitrogen and oxygen atoms in total. The Morgan fingerprint density at radius 1 is 1.20 bits per heavy atom. The smallest absolute Gasteiger partial charge is 0.411 e. The molecule has 2 rings (SSSR count). The predicted molar refractivity (Wildman–Crippen MR) is 65.8 cm³/mol. The van der Waals surface area contributed by atoms with Crippen molar-refractivity contribution in [2.75, 3.05) is 13.1 Å². The molecule has 1 fully saturated rings. The molecule has 0 aliphatic carbocycles. The van der Waals surface area contributed by atoms with Crippen molar-refractivity contribution in [2.24, 2.45) is 5.16 Å². The van der Waals surface area contributed by atoms with Gasteiger partial charge in [-0.05, 0) is 12.1 Å². The van der Waals surface area contributed by atoms with Crippen LogP contribution in [0.5, 0.6) is 0 Å². The normalized spacial score (nSPS) is 16.1. The first-order valence-electron chi connectivity index (χ1n) is 6.09. The first-order chi connectivity index (χ1) is 9.43. The molecule has 0 atom stereocenters. The van der Waals surface area contributed by atoms with Gasteiger partial charge in [-0.15, -0.1) is 0 Å². The number of benzene rings is 1. The molecule has 1 aromatic rings. The molecule has 0 spiro atoms. The van der Waals surface area contributed by atoms with Gasteiger partial charge in [0.25, 0.3) is 5.91 Å². The first-order valence-corrected chi connectivity index (χ1v) is 6.09. The Kier molecular flexibility index (Phi) is 3.96. The molecule has 20 heavy (non-hydrogen) atoms. The zero-order valence-electron chi connectivity index (χ0n) is 10.5. The molecule has 1 saturated heterocycles. The van der Waals surface area contributed by atoms with Crippen molar-refractivity contribution >= 4 is 11.6 Å². The van der Waals surface area contributed by atoms with E-state index in [4.69, 9.17) is 5.21 Å². The number of carbonyl (C=O) groups is 1. The molecule has 0 bridgehead atoms. The number of oxime groups is 1. The monoisotopic (exact) mass is 286 g/mol. The van der Waals surface area contributed by atoms with Gasteiger partial charge >= 0.3 is 6.18 Å². The minimum Gasteiger partial charge on any atom is -0.411 e. The van der Waals surface area contributed by atoms with Gasteiger partial charge in [0.15, 0.2) is 0 Å². The second kappa shape index (κ2) is 5.52. The number of hydrogen-bond donors (Lipinski definition) is 1. The standard InChI is InChI=1S/C13H13F3N2O2/c14-13(15,16)11-4-2-1-3-10(11)12(19)18-7-5-9(17-20)6-8-18/h1-4,20H,5-8H2. The Morgan fingerprint density at radius 2 is 1.80 bits per heavy atom. The van der Waals surface area contributed by atoms with E-state index in [1.807, 2.05) is 0 Å². The number of alkyl halides is 3. The van der Waals surface area contributed by atoms with E-state index in [-0.39, 0.29) is 18.7 Å². The van der Waals surface area contributed by atoms with Crippen LogP contribution in [-0.2, 0) is 6.18 Å². The van der Waals surface area contributed by atoms with Crippen LogP contribution in [0.25, 0.3) is 0 Å². The van der Waals surface area contributed by atoms with Gasteiger partial charge in [0.05, 0.1) is 16.8 Å². The lowest BCUT2D eigenvalue weighted by Crippen LogP contribution is -2.39. The lowest BCUT2D eigenvalue weighted by molar-refractivity contribution is -0.138. The van der Waals surface area contributed by atoms with Crippen molar-refractivity contribution in [3.05, 3.63) is 35.4 Å². The molecule has 1 aliphatic heterocycles. The Hall–Kier alpha value is -2.05. The number of halogens is 3. The summed E-state index contributed by atoms with van der Waals surface area (Å²) < 4.78 is 38.6. The molecule has 0 aromatic heterocycles. The summed E-state index contributed by atoms with van der Waals surface area (Å²) >= 11 is 0. The number of nitrogens with zero attached hydrogens (tertiary/aromatic N) is 2. The van der Waals surface area contributed by atoms with E-state index in [0.29, 0.717) is 18.6 Å². The van der Waals surface area contributed by atoms with Gasteiger partial charge in [-0.25, -0.2) is 0 Å². The van der Waals surface area contributed by atoms with Gasteiger partial charge in [0, 0.05) is 25.9 Å². The fraction of sp³-hybridized carbons (Fsp3) is 0.385. The van der Waals surface area contributed by atoms with Crippen LogP contribution in [0, 0.1) is 0 Å². The van der Waals surface area contributed by atoms with Gasteiger partial charge in [-0.1, -0.05) is 17.3 Å². The summed E-state index contributed by atoms with van der Waals surface area (Å²) in [6.45, 7) is 0.509. The third-order valence-corrected chi connectivity index (χ3v) is 3.23. The SMILES string of the molecule is O=C(c1ccccc1C(F)(F)F)N1CCC(=NO)CC1. The van der Waals surface area contributed by atoms with Crippen LogP contribution in [0.4, 0.5) is 13.2 Å². The summed E-state index contributed by atoms with van der Waals surface area (Å²) in [6.07, 6.45) is -3.81. The summed E-state index contributed by atoms with van der Waals surface area (Å²) in [7, 11) is 0. The highest BCUT2D eigenvalue weighted by molar-refractivity contribution is 5.97. The molecule has 1 aromatic carbocycles. The van der Waals surface area contributed by atoms with Gasteiger partial charge < -0.3 is 10.1 Å². The second-order valence-corrected chi connectivity index (χ2v) is 4.50. The Labute approximate surface area is 113 Å². The van der Waals surface area contributed by atoms with Crippen LogP contribution in [0.1, 0.15) is 28.8 Å². The van der Waals surface area contributed by atoms with Crippen LogP contribution >= 0.6 is 0 Å². The number of carbonyl (C=O) groups excluding carboxylic acids is 1. The van der Waals surface area contributed by atoms with Crippen molar-refractivity contribution in [1.29, 1.82) is 0 Å². The van der Waals surface area contributed by atoms with Crippen LogP contribution in [0.15, 0.2) is 29.4 Å². The maximum absolute atomic E-state index is 12.9. The zero-order valence-corrected chi connectivity index (χ0v) is 10.5. The number of rotatable bonds is 1. The van der Waals surface area contributed by atoms with Gasteiger partial charge in [0.2, 0.25) is 0 Å². The average Bonchev–Trinajstić information content (AvgIpc) is 2.46. The topological polar surface area (TPSA) is 52.9 Å². The third kappa shape index (κ3) is 2.92. The molecular formula is C13H13F3N2O2. The Morgan fingerprint density at radius 3 is 2.35 bits per heavy atom. The van der Waals surface area contributed by atoms with E-state index in [1.165, 1.54) is 23.1 Å². The van der Waals surface area contributed by atoms with E-state index in [9.17, 15) is 18.0 Å². The second-order valence-electron chi connectivity index (χ2n) is 4.50. The molecular weight excluding hydrogens is 273 g/mol. The van der Waals surface area contributed by atoms with Crippen LogP contribution < -0.4 is 0 Å². The van der Waals surface area contributed by atoms with Crippen molar-refractivity contribution in [1.82, 2.24) is 4.90 Å². The van der Waals surface area contributed by atoms with Crippen LogP contribution in [0.3, 0.4) is 0 Å². The maximum Gasteiger partial charge on any atom is 0.417 e. The molecule has 7 heteroatoms. The first kappa shape index (κ1) is 14.4. The quantitative estimate of drug-likeness (QED) is 0.637. The number of likely N-dealkylation sites (tertiary alicyclic amines) is 1. The molecule has 1 N–H and O–H groups in total. The molecule has 0 saturated carbocycles.